The lowest BCUT2D eigenvalue weighted by molar-refractivity contribution is 0.164. The van der Waals surface area contributed by atoms with Gasteiger partial charge >= 0.3 is 12.1 Å². The Morgan fingerprint density at radius 2 is 1.34 bits per heavy atom. The van der Waals surface area contributed by atoms with Gasteiger partial charge in [-0.3, -0.25) is 4.68 Å². The number of hydrogen-bond acceptors (Lipinski definition) is 10. The van der Waals surface area contributed by atoms with E-state index >= 15 is 4.39 Å². The van der Waals surface area contributed by atoms with Crippen LogP contribution in [0.3, 0.4) is 0 Å². The molecule has 10 rings (SSSR count). The molecule has 4 aliphatic carbocycles. The highest BCUT2D eigenvalue weighted by Gasteiger charge is 2.42. The largest absolute Gasteiger partial charge is 0.476 e. The molecule has 4 aromatic rings. The van der Waals surface area contributed by atoms with Gasteiger partial charge in [0.15, 0.2) is 4.90 Å². The van der Waals surface area contributed by atoms with E-state index in [-0.39, 0.29) is 58.7 Å². The summed E-state index contributed by atoms with van der Waals surface area (Å²) in [5.74, 6) is -0.538. The van der Waals surface area contributed by atoms with Crippen LogP contribution < -0.4 is 30.5 Å². The standard InChI is InChI=1S/C40H46FN9O7S2/c41-31-14-26(19-49-37(31)32(16-43-49)58(53,54)47-39(51)45-35-28-7-1-4-22(28)12-23-5-2-8-29(23)35)27-11-10-25-13-24-6-3-9-30(24)36(34(25)27)46-40(52)48-59(55,56)33-17-44-50-18-21(15-42)20-57-38(33)50/h12-13,16-17,21,26-27,31H,1-11,14-15,18-20,42H2,(H2,45,47,51)(H2,46,48,52). The third-order valence-electron chi connectivity index (χ3n) is 13.2. The van der Waals surface area contributed by atoms with Gasteiger partial charge in [-0.1, -0.05) is 12.1 Å². The maximum absolute atomic E-state index is 16.5. The number of alkyl halides is 1. The average molecular weight is 848 g/mol. The Morgan fingerprint density at radius 1 is 0.763 bits per heavy atom. The molecule has 4 unspecified atom stereocenters. The predicted octanol–water partition coefficient (Wildman–Crippen LogP) is 4.29. The summed E-state index contributed by atoms with van der Waals surface area (Å²) in [6, 6.07) is 2.54. The fraction of sp³-hybridized carbons (Fsp3) is 0.500. The van der Waals surface area contributed by atoms with Crippen LogP contribution in [-0.4, -0.2) is 61.6 Å². The van der Waals surface area contributed by atoms with Crippen molar-refractivity contribution in [2.45, 2.75) is 112 Å². The number of fused-ring (bicyclic) bond motifs is 6. The van der Waals surface area contributed by atoms with Gasteiger partial charge in [-0.05, 0) is 133 Å². The molecule has 0 bridgehead atoms. The predicted molar refractivity (Wildman–Crippen MR) is 213 cm³/mol. The van der Waals surface area contributed by atoms with E-state index in [1.54, 1.807) is 0 Å². The molecule has 19 heteroatoms. The molecule has 2 aromatic heterocycles. The number of urea groups is 2. The summed E-state index contributed by atoms with van der Waals surface area (Å²) in [6.45, 7) is 1.17. The number of hydrogen-bond donors (Lipinski definition) is 5. The zero-order valence-corrected chi connectivity index (χ0v) is 34.0. The zero-order chi connectivity index (χ0) is 40.8. The first kappa shape index (κ1) is 38.2. The molecule has 0 saturated carbocycles. The van der Waals surface area contributed by atoms with E-state index < -0.39 is 38.3 Å². The van der Waals surface area contributed by atoms with Crippen molar-refractivity contribution in [1.29, 1.82) is 0 Å². The molecule has 2 aromatic carbocycles. The molecule has 4 heterocycles. The number of aromatic nitrogens is 4. The number of nitrogens with two attached hydrogens (primary N) is 1. The minimum atomic E-state index is -4.50. The summed E-state index contributed by atoms with van der Waals surface area (Å²) in [5.41, 5.74) is 15.3. The molecule has 0 spiro atoms. The van der Waals surface area contributed by atoms with Gasteiger partial charge in [-0.15, -0.1) is 0 Å². The Labute approximate surface area is 340 Å². The average Bonchev–Trinajstić information content (AvgIpc) is 4.05. The molecule has 6 aliphatic rings. The monoisotopic (exact) mass is 847 g/mol. The number of benzene rings is 2. The van der Waals surface area contributed by atoms with Crippen molar-refractivity contribution in [2.24, 2.45) is 17.6 Å². The maximum atomic E-state index is 16.5. The second kappa shape index (κ2) is 14.3. The first-order valence-electron chi connectivity index (χ1n) is 20.5. The third kappa shape index (κ3) is 6.55. The summed E-state index contributed by atoms with van der Waals surface area (Å²) < 4.78 is 83.6. The summed E-state index contributed by atoms with van der Waals surface area (Å²) >= 11 is 0. The first-order chi connectivity index (χ1) is 28.4. The van der Waals surface area contributed by atoms with Crippen molar-refractivity contribution in [3.05, 3.63) is 74.7 Å². The van der Waals surface area contributed by atoms with Crippen molar-refractivity contribution in [3.8, 4) is 5.88 Å². The molecule has 2 aliphatic heterocycles. The molecular weight excluding hydrogens is 802 g/mol. The highest BCUT2D eigenvalue weighted by molar-refractivity contribution is 7.90. The zero-order valence-electron chi connectivity index (χ0n) is 32.4. The van der Waals surface area contributed by atoms with Crippen LogP contribution in [0, 0.1) is 11.8 Å². The number of aryl methyl sites for hydroxylation is 4. The van der Waals surface area contributed by atoms with Crippen molar-refractivity contribution >= 4 is 43.5 Å². The highest BCUT2D eigenvalue weighted by Crippen LogP contribution is 2.51. The minimum absolute atomic E-state index is 0.0122. The molecule has 0 radical (unpaired) electrons. The number of ether oxygens (including phenoxy) is 1. The van der Waals surface area contributed by atoms with Crippen molar-refractivity contribution in [1.82, 2.24) is 29.0 Å². The molecule has 4 atom stereocenters. The second-order valence-electron chi connectivity index (χ2n) is 16.8. The number of carbonyl (C=O) groups is 2. The van der Waals surface area contributed by atoms with Gasteiger partial charge in [0.25, 0.3) is 20.0 Å². The molecule has 59 heavy (non-hydrogen) atoms. The van der Waals surface area contributed by atoms with Gasteiger partial charge in [0.1, 0.15) is 11.1 Å². The normalized spacial score (nSPS) is 22.7. The van der Waals surface area contributed by atoms with Gasteiger partial charge in [0, 0.05) is 30.4 Å². The number of halogens is 1. The smallest absolute Gasteiger partial charge is 0.333 e. The second-order valence-corrected chi connectivity index (χ2v) is 20.1. The summed E-state index contributed by atoms with van der Waals surface area (Å²) in [7, 11) is -8.88. The number of nitrogens with one attached hydrogen (secondary N) is 4. The van der Waals surface area contributed by atoms with E-state index in [4.69, 9.17) is 10.5 Å². The Hall–Kier alpha value is -5.01. The van der Waals surface area contributed by atoms with E-state index in [1.807, 2.05) is 0 Å². The Morgan fingerprint density at radius 3 is 2.00 bits per heavy atom. The molecule has 16 nitrogen and oxygen atoms in total. The quantitative estimate of drug-likeness (QED) is 0.169. The third-order valence-corrected chi connectivity index (χ3v) is 15.9. The lowest BCUT2D eigenvalue weighted by Crippen LogP contribution is -2.36. The van der Waals surface area contributed by atoms with E-state index in [0.717, 1.165) is 97.1 Å². The van der Waals surface area contributed by atoms with Crippen LogP contribution in [0.5, 0.6) is 5.88 Å². The van der Waals surface area contributed by atoms with Gasteiger partial charge in [0.2, 0.25) is 5.88 Å². The Balaban J connectivity index is 0.876. The number of sulfonamides is 2. The summed E-state index contributed by atoms with van der Waals surface area (Å²) in [6.07, 6.45) is 9.65. The molecule has 4 amide bonds. The summed E-state index contributed by atoms with van der Waals surface area (Å²) in [5, 5.41) is 14.2. The molecule has 0 saturated heterocycles. The SMILES string of the molecule is NCC1COc2c(S(=O)(=O)NC(=O)Nc3c4c(cc5c3C(C3CC(F)c6c(S(=O)(=O)NC(=O)Nc7c8c(cc9c7CCC9)CCC8)cnn6C3)CC5)CCC4)cnn2C1. The Kier molecular flexibility index (Phi) is 9.28. The molecule has 312 valence electrons. The van der Waals surface area contributed by atoms with E-state index in [1.165, 1.54) is 20.5 Å². The van der Waals surface area contributed by atoms with Crippen LogP contribution in [0.1, 0.15) is 94.4 Å². The van der Waals surface area contributed by atoms with E-state index in [0.29, 0.717) is 43.7 Å². The summed E-state index contributed by atoms with van der Waals surface area (Å²) in [4.78, 5) is 26.3. The number of rotatable bonds is 8. The fourth-order valence-corrected chi connectivity index (χ4v) is 12.7. The minimum Gasteiger partial charge on any atom is -0.476 e. The van der Waals surface area contributed by atoms with Gasteiger partial charge < -0.3 is 21.1 Å². The fourth-order valence-electron chi connectivity index (χ4n) is 10.6. The Bertz CT molecular complexity index is 2630. The lowest BCUT2D eigenvalue weighted by Gasteiger charge is -2.32. The van der Waals surface area contributed by atoms with Crippen molar-refractivity contribution in [2.75, 3.05) is 23.8 Å². The van der Waals surface area contributed by atoms with Gasteiger partial charge in [-0.2, -0.15) is 10.2 Å². The van der Waals surface area contributed by atoms with E-state index in [2.05, 4.69) is 42.4 Å². The van der Waals surface area contributed by atoms with Crippen LogP contribution in [-0.2, 0) is 78.1 Å². The van der Waals surface area contributed by atoms with Gasteiger partial charge in [0.05, 0.1) is 31.2 Å². The van der Waals surface area contributed by atoms with Crippen molar-refractivity contribution < 1.29 is 35.6 Å². The van der Waals surface area contributed by atoms with E-state index in [9.17, 15) is 26.4 Å². The van der Waals surface area contributed by atoms with Crippen molar-refractivity contribution in [3.63, 3.8) is 0 Å². The highest BCUT2D eigenvalue weighted by atomic mass is 32.2. The molecule has 6 N–H and O–H groups in total. The molecule has 0 fully saturated rings. The first-order valence-corrected chi connectivity index (χ1v) is 23.4. The number of anilines is 2. The van der Waals surface area contributed by atoms with Crippen LogP contribution in [0.25, 0.3) is 0 Å². The van der Waals surface area contributed by atoms with Crippen LogP contribution in [0.2, 0.25) is 0 Å². The number of amides is 4. The maximum Gasteiger partial charge on any atom is 0.333 e. The number of carbonyl (C=O) groups excluding carboxylic acids is 2. The van der Waals surface area contributed by atoms with Gasteiger partial charge in [-0.25, -0.2) is 44.9 Å². The topological polar surface area (TPSA) is 221 Å². The lowest BCUT2D eigenvalue weighted by atomic mass is 9.80. The number of nitrogens with zero attached hydrogens (tertiary/aromatic N) is 4. The van der Waals surface area contributed by atoms with Crippen LogP contribution in [0.15, 0.2) is 34.3 Å². The van der Waals surface area contributed by atoms with Crippen LogP contribution in [0.4, 0.5) is 25.4 Å². The molecular formula is C40H46FN9O7S2. The van der Waals surface area contributed by atoms with Crippen LogP contribution >= 0.6 is 0 Å².